The second kappa shape index (κ2) is 7.48. The molecule has 2 aliphatic rings. The highest BCUT2D eigenvalue weighted by Crippen LogP contribution is 2.41. The number of benzene rings is 1. The number of rotatable bonds is 3. The second-order valence-electron chi connectivity index (χ2n) is 9.59. The van der Waals surface area contributed by atoms with Crippen LogP contribution < -0.4 is 0 Å². The molecule has 2 heterocycles. The van der Waals surface area contributed by atoms with Crippen LogP contribution in [0.5, 0.6) is 0 Å². The number of ether oxygens (including phenoxy) is 4. The molecule has 0 N–H and O–H groups in total. The van der Waals surface area contributed by atoms with E-state index in [0.717, 1.165) is 0 Å². The van der Waals surface area contributed by atoms with Gasteiger partial charge < -0.3 is 18.9 Å². The van der Waals surface area contributed by atoms with Crippen LogP contribution in [0.1, 0.15) is 62.3 Å². The van der Waals surface area contributed by atoms with E-state index in [1.165, 1.54) is 0 Å². The van der Waals surface area contributed by atoms with Crippen LogP contribution in [0.15, 0.2) is 24.3 Å². The number of fused-ring (bicyclic) bond motifs is 1. The van der Waals surface area contributed by atoms with Crippen molar-refractivity contribution in [3.8, 4) is 0 Å². The Morgan fingerprint density at radius 2 is 1.39 bits per heavy atom. The second-order valence-corrected chi connectivity index (χ2v) is 9.59. The number of hydrogen-bond acceptors (Lipinski definition) is 6. The first-order valence-electron chi connectivity index (χ1n) is 9.73. The van der Waals surface area contributed by atoms with Gasteiger partial charge in [0.2, 0.25) is 0 Å². The van der Waals surface area contributed by atoms with Gasteiger partial charge in [-0.15, -0.1) is 0 Å². The van der Waals surface area contributed by atoms with Gasteiger partial charge in [0.05, 0.1) is 30.4 Å². The lowest BCUT2D eigenvalue weighted by Crippen LogP contribution is -2.36. The Morgan fingerprint density at radius 1 is 0.857 bits per heavy atom. The molecule has 0 saturated carbocycles. The van der Waals surface area contributed by atoms with Crippen LogP contribution in [0.4, 0.5) is 0 Å². The van der Waals surface area contributed by atoms with Crippen molar-refractivity contribution in [2.45, 2.75) is 65.5 Å². The molecule has 1 aromatic rings. The van der Waals surface area contributed by atoms with Crippen LogP contribution in [0, 0.1) is 11.3 Å². The third-order valence-electron chi connectivity index (χ3n) is 5.13. The molecule has 4 atom stereocenters. The van der Waals surface area contributed by atoms with Crippen LogP contribution in [0.3, 0.4) is 0 Å². The Bertz CT molecular complexity index is 725. The van der Waals surface area contributed by atoms with Crippen molar-refractivity contribution in [2.75, 3.05) is 13.2 Å². The predicted molar refractivity (Wildman–Crippen MR) is 103 cm³/mol. The Hall–Kier alpha value is -1.92. The first-order chi connectivity index (χ1) is 13.0. The Balaban J connectivity index is 1.61. The molecule has 3 rings (SSSR count). The highest BCUT2D eigenvalue weighted by molar-refractivity contribution is 5.93. The van der Waals surface area contributed by atoms with E-state index in [1.807, 2.05) is 20.8 Å². The van der Waals surface area contributed by atoms with E-state index in [0.29, 0.717) is 24.3 Å². The fraction of sp³-hybridized carbons (Fsp3) is 0.636. The highest BCUT2D eigenvalue weighted by atomic mass is 16.6. The van der Waals surface area contributed by atoms with E-state index in [2.05, 4.69) is 20.8 Å². The fourth-order valence-electron chi connectivity index (χ4n) is 3.59. The first kappa shape index (κ1) is 20.8. The van der Waals surface area contributed by atoms with Crippen molar-refractivity contribution < 1.29 is 28.5 Å². The summed E-state index contributed by atoms with van der Waals surface area (Å²) in [6.45, 7) is 12.9. The first-order valence-corrected chi connectivity index (χ1v) is 9.73. The fourth-order valence-corrected chi connectivity index (χ4v) is 3.59. The molecule has 2 aliphatic heterocycles. The largest absolute Gasteiger partial charge is 0.456 e. The monoisotopic (exact) mass is 390 g/mol. The van der Waals surface area contributed by atoms with Crippen LogP contribution in [-0.2, 0) is 18.9 Å². The van der Waals surface area contributed by atoms with Crippen LogP contribution in [0.25, 0.3) is 0 Å². The molecule has 0 radical (unpaired) electrons. The summed E-state index contributed by atoms with van der Waals surface area (Å²) in [7, 11) is 0. The van der Waals surface area contributed by atoms with Gasteiger partial charge >= 0.3 is 11.9 Å². The van der Waals surface area contributed by atoms with Gasteiger partial charge in [0.15, 0.2) is 6.10 Å². The van der Waals surface area contributed by atoms with Gasteiger partial charge in [-0.1, -0.05) is 20.8 Å². The van der Waals surface area contributed by atoms with E-state index in [-0.39, 0.29) is 23.5 Å². The van der Waals surface area contributed by atoms with Gasteiger partial charge in [0.1, 0.15) is 11.7 Å². The number of carbonyl (C=O) groups excluding carboxylic acids is 2. The van der Waals surface area contributed by atoms with Gasteiger partial charge in [0.25, 0.3) is 0 Å². The molecule has 1 aromatic carbocycles. The van der Waals surface area contributed by atoms with Gasteiger partial charge in [-0.05, 0) is 50.5 Å². The maximum Gasteiger partial charge on any atom is 0.338 e. The molecule has 28 heavy (non-hydrogen) atoms. The summed E-state index contributed by atoms with van der Waals surface area (Å²) in [4.78, 5) is 24.6. The maximum absolute atomic E-state index is 12.5. The van der Waals surface area contributed by atoms with E-state index < -0.39 is 23.6 Å². The van der Waals surface area contributed by atoms with Crippen molar-refractivity contribution in [3.05, 3.63) is 35.4 Å². The maximum atomic E-state index is 12.5. The molecule has 2 saturated heterocycles. The summed E-state index contributed by atoms with van der Waals surface area (Å²) < 4.78 is 22.8. The standard InChI is InChI=1S/C22H30O6/c1-21(2,3)15-11-25-18-16(12-26-17(15)18)27-19(23)13-7-9-14(10-8-13)20(24)28-22(4,5)6/h7-10,15-18H,11-12H2,1-6H3. The van der Waals surface area contributed by atoms with Crippen molar-refractivity contribution in [1.29, 1.82) is 0 Å². The zero-order chi connectivity index (χ0) is 20.7. The molecule has 0 aromatic heterocycles. The van der Waals surface area contributed by atoms with Crippen molar-refractivity contribution in [3.63, 3.8) is 0 Å². The molecule has 154 valence electrons. The number of hydrogen-bond donors (Lipinski definition) is 0. The lowest BCUT2D eigenvalue weighted by Gasteiger charge is -2.29. The molecule has 0 bridgehead atoms. The number of carbonyl (C=O) groups is 2. The van der Waals surface area contributed by atoms with E-state index in [4.69, 9.17) is 18.9 Å². The van der Waals surface area contributed by atoms with Crippen molar-refractivity contribution in [2.24, 2.45) is 11.3 Å². The molecular formula is C22H30O6. The Kier molecular flexibility index (Phi) is 5.56. The van der Waals surface area contributed by atoms with Gasteiger partial charge in [-0.25, -0.2) is 9.59 Å². The van der Waals surface area contributed by atoms with E-state index in [9.17, 15) is 9.59 Å². The average Bonchev–Trinajstić information content (AvgIpc) is 3.16. The summed E-state index contributed by atoms with van der Waals surface area (Å²) >= 11 is 0. The lowest BCUT2D eigenvalue weighted by molar-refractivity contribution is -0.0190. The SMILES string of the molecule is CC(C)(C)OC(=O)c1ccc(C(=O)OC2COC3C2OCC3C(C)(C)C)cc1. The molecule has 0 aliphatic carbocycles. The molecule has 0 amide bonds. The normalized spacial score (nSPS) is 27.4. The smallest absolute Gasteiger partial charge is 0.338 e. The Labute approximate surface area is 166 Å². The molecule has 6 nitrogen and oxygen atoms in total. The minimum atomic E-state index is -0.570. The zero-order valence-corrected chi connectivity index (χ0v) is 17.5. The van der Waals surface area contributed by atoms with E-state index >= 15 is 0 Å². The summed E-state index contributed by atoms with van der Waals surface area (Å²) in [5, 5.41) is 0. The minimum Gasteiger partial charge on any atom is -0.456 e. The lowest BCUT2D eigenvalue weighted by atomic mass is 9.78. The summed E-state index contributed by atoms with van der Waals surface area (Å²) in [6, 6.07) is 6.28. The van der Waals surface area contributed by atoms with Crippen molar-refractivity contribution in [1.82, 2.24) is 0 Å². The molecule has 2 fully saturated rings. The summed E-state index contributed by atoms with van der Waals surface area (Å²) in [5.74, 6) is -0.603. The highest BCUT2D eigenvalue weighted by Gasteiger charge is 2.52. The van der Waals surface area contributed by atoms with Crippen molar-refractivity contribution >= 4 is 11.9 Å². The third kappa shape index (κ3) is 4.55. The minimum absolute atomic E-state index is 0.0488. The predicted octanol–water partition coefficient (Wildman–Crippen LogP) is 3.63. The Morgan fingerprint density at radius 3 is 1.93 bits per heavy atom. The molecule has 6 heteroatoms. The van der Waals surface area contributed by atoms with Crippen LogP contribution in [-0.4, -0.2) is 49.1 Å². The quantitative estimate of drug-likeness (QED) is 0.734. The van der Waals surface area contributed by atoms with Gasteiger partial charge in [-0.3, -0.25) is 0 Å². The molecular weight excluding hydrogens is 360 g/mol. The average molecular weight is 390 g/mol. The number of esters is 2. The summed E-state index contributed by atoms with van der Waals surface area (Å²) in [6.07, 6.45) is -0.697. The van der Waals surface area contributed by atoms with Crippen LogP contribution >= 0.6 is 0 Å². The third-order valence-corrected chi connectivity index (χ3v) is 5.13. The molecule has 4 unspecified atom stereocenters. The topological polar surface area (TPSA) is 71.1 Å². The zero-order valence-electron chi connectivity index (χ0n) is 17.5. The van der Waals surface area contributed by atoms with Gasteiger partial charge in [-0.2, -0.15) is 0 Å². The summed E-state index contributed by atoms with van der Waals surface area (Å²) in [5.41, 5.74) is 0.263. The molecule has 0 spiro atoms. The van der Waals surface area contributed by atoms with Gasteiger partial charge in [0, 0.05) is 5.92 Å². The van der Waals surface area contributed by atoms with Crippen LogP contribution in [0.2, 0.25) is 0 Å². The van der Waals surface area contributed by atoms with E-state index in [1.54, 1.807) is 24.3 Å².